The van der Waals surface area contributed by atoms with Crippen molar-refractivity contribution < 1.29 is 14.3 Å². The van der Waals surface area contributed by atoms with Gasteiger partial charge in [0.1, 0.15) is 0 Å². The van der Waals surface area contributed by atoms with Gasteiger partial charge in [-0.3, -0.25) is 9.59 Å². The van der Waals surface area contributed by atoms with E-state index in [9.17, 15) is 9.59 Å². The summed E-state index contributed by atoms with van der Waals surface area (Å²) in [5.74, 6) is -0.442. The third kappa shape index (κ3) is 4.73. The zero-order valence-corrected chi connectivity index (χ0v) is 11.7. The lowest BCUT2D eigenvalue weighted by atomic mass is 10.0. The van der Waals surface area contributed by atoms with Crippen LogP contribution >= 0.6 is 0 Å². The van der Waals surface area contributed by atoms with Gasteiger partial charge in [0.25, 0.3) is 0 Å². The van der Waals surface area contributed by atoms with Gasteiger partial charge in [-0.05, 0) is 12.0 Å². The number of methoxy groups -OCH3 is 1. The van der Waals surface area contributed by atoms with Gasteiger partial charge < -0.3 is 10.1 Å². The highest BCUT2D eigenvalue weighted by atomic mass is 16.5. The van der Waals surface area contributed by atoms with Crippen molar-refractivity contribution in [2.24, 2.45) is 5.92 Å². The number of amides is 1. The average molecular weight is 263 g/mol. The highest BCUT2D eigenvalue weighted by Crippen LogP contribution is 2.18. The molecule has 4 nitrogen and oxygen atoms in total. The highest BCUT2D eigenvalue weighted by molar-refractivity contribution is 5.79. The minimum atomic E-state index is -0.338. The average Bonchev–Trinajstić information content (AvgIpc) is 2.46. The molecule has 0 bridgehead atoms. The fourth-order valence-corrected chi connectivity index (χ4v) is 1.69. The van der Waals surface area contributed by atoms with Crippen molar-refractivity contribution in [2.75, 3.05) is 7.11 Å². The highest BCUT2D eigenvalue weighted by Gasteiger charge is 2.20. The van der Waals surface area contributed by atoms with E-state index >= 15 is 0 Å². The van der Waals surface area contributed by atoms with Gasteiger partial charge in [-0.25, -0.2) is 0 Å². The molecule has 0 aliphatic rings. The summed E-state index contributed by atoms with van der Waals surface area (Å²) in [7, 11) is 1.35. The summed E-state index contributed by atoms with van der Waals surface area (Å²) in [6.07, 6.45) is 0.911. The fraction of sp³-hybridized carbons (Fsp3) is 0.467. The Balaban J connectivity index is 2.81. The van der Waals surface area contributed by atoms with Gasteiger partial charge in [-0.2, -0.15) is 0 Å². The second-order valence-corrected chi connectivity index (χ2v) is 4.56. The summed E-state index contributed by atoms with van der Waals surface area (Å²) in [4.78, 5) is 23.4. The summed E-state index contributed by atoms with van der Waals surface area (Å²) in [6.45, 7) is 3.83. The Bertz CT molecular complexity index is 417. The van der Waals surface area contributed by atoms with Crippen LogP contribution in [0.15, 0.2) is 30.3 Å². The molecule has 0 fully saturated rings. The first-order chi connectivity index (χ1) is 9.08. The lowest BCUT2D eigenvalue weighted by Crippen LogP contribution is -2.34. The molecule has 0 aromatic heterocycles. The number of rotatable bonds is 6. The molecule has 1 N–H and O–H groups in total. The normalized spacial score (nSPS) is 13.4. The van der Waals surface area contributed by atoms with Crippen molar-refractivity contribution in [3.63, 3.8) is 0 Å². The molecule has 0 aliphatic carbocycles. The number of carbonyl (C=O) groups is 2. The Morgan fingerprint density at radius 3 is 2.42 bits per heavy atom. The molecular formula is C15H21NO3. The largest absolute Gasteiger partial charge is 0.469 e. The quantitative estimate of drug-likeness (QED) is 0.802. The number of nitrogens with one attached hydrogen (secondary N) is 1. The fourth-order valence-electron chi connectivity index (χ4n) is 1.69. The number of benzene rings is 1. The second kappa shape index (κ2) is 7.56. The number of ether oxygens (including phenoxy) is 1. The third-order valence-corrected chi connectivity index (χ3v) is 3.18. The first-order valence-electron chi connectivity index (χ1n) is 6.50. The first-order valence-corrected chi connectivity index (χ1v) is 6.50. The maximum Gasteiger partial charge on any atom is 0.307 e. The van der Waals surface area contributed by atoms with Crippen LogP contribution in [0.1, 0.15) is 38.3 Å². The van der Waals surface area contributed by atoms with Gasteiger partial charge in [0.05, 0.1) is 19.6 Å². The molecule has 1 aromatic carbocycles. The van der Waals surface area contributed by atoms with Gasteiger partial charge >= 0.3 is 5.97 Å². The summed E-state index contributed by atoms with van der Waals surface area (Å²) in [5.41, 5.74) is 0.907. The molecule has 0 saturated heterocycles. The topological polar surface area (TPSA) is 55.4 Å². The molecule has 1 aromatic rings. The van der Waals surface area contributed by atoms with Crippen LogP contribution in [-0.4, -0.2) is 19.0 Å². The zero-order chi connectivity index (χ0) is 14.3. The minimum Gasteiger partial charge on any atom is -0.469 e. The number of esters is 1. The van der Waals surface area contributed by atoms with E-state index in [1.54, 1.807) is 0 Å². The lowest BCUT2D eigenvalue weighted by Gasteiger charge is -2.20. The molecule has 1 rings (SSSR count). The Kier molecular flexibility index (Phi) is 6.06. The molecule has 4 heteroatoms. The van der Waals surface area contributed by atoms with Crippen molar-refractivity contribution in [2.45, 2.75) is 32.7 Å². The van der Waals surface area contributed by atoms with Gasteiger partial charge in [0.2, 0.25) is 5.91 Å². The molecule has 1 amide bonds. The van der Waals surface area contributed by atoms with E-state index in [-0.39, 0.29) is 30.3 Å². The van der Waals surface area contributed by atoms with Crippen LogP contribution in [0, 0.1) is 5.92 Å². The molecule has 0 saturated carbocycles. The van der Waals surface area contributed by atoms with Crippen molar-refractivity contribution >= 4 is 11.9 Å². The first kappa shape index (κ1) is 15.2. The smallest absolute Gasteiger partial charge is 0.307 e. The van der Waals surface area contributed by atoms with Crippen LogP contribution in [0.5, 0.6) is 0 Å². The van der Waals surface area contributed by atoms with E-state index < -0.39 is 0 Å². The van der Waals surface area contributed by atoms with Crippen molar-refractivity contribution in [3.8, 4) is 0 Å². The van der Waals surface area contributed by atoms with Crippen molar-refractivity contribution in [1.29, 1.82) is 0 Å². The third-order valence-electron chi connectivity index (χ3n) is 3.18. The summed E-state index contributed by atoms with van der Waals surface area (Å²) >= 11 is 0. The van der Waals surface area contributed by atoms with E-state index in [4.69, 9.17) is 0 Å². The minimum absolute atomic E-state index is 0.0414. The zero-order valence-electron chi connectivity index (χ0n) is 11.7. The SMILES string of the molecule is CC[C@H](C)C(=O)N[C@@H](CC(=O)OC)c1ccccc1. The Morgan fingerprint density at radius 2 is 1.89 bits per heavy atom. The lowest BCUT2D eigenvalue weighted by molar-refractivity contribution is -0.141. The summed E-state index contributed by atoms with van der Waals surface area (Å²) in [6, 6.07) is 9.11. The maximum absolute atomic E-state index is 12.0. The Hall–Kier alpha value is -1.84. The number of hydrogen-bond acceptors (Lipinski definition) is 3. The Morgan fingerprint density at radius 1 is 1.26 bits per heavy atom. The molecule has 0 spiro atoms. The van der Waals surface area contributed by atoms with Crippen LogP contribution < -0.4 is 5.32 Å². The molecule has 104 valence electrons. The molecule has 0 heterocycles. The van der Waals surface area contributed by atoms with Crippen LogP contribution in [0.2, 0.25) is 0 Å². The monoisotopic (exact) mass is 263 g/mol. The van der Waals surface area contributed by atoms with Gasteiger partial charge in [0, 0.05) is 5.92 Å². The summed E-state index contributed by atoms with van der Waals surface area (Å²) < 4.78 is 4.68. The predicted molar refractivity (Wildman–Crippen MR) is 73.4 cm³/mol. The molecule has 2 atom stereocenters. The number of carbonyl (C=O) groups excluding carboxylic acids is 2. The van der Waals surface area contributed by atoms with E-state index in [2.05, 4.69) is 10.1 Å². The van der Waals surface area contributed by atoms with Gasteiger partial charge in [0.15, 0.2) is 0 Å². The Labute approximate surface area is 114 Å². The van der Waals surface area contributed by atoms with Crippen molar-refractivity contribution in [3.05, 3.63) is 35.9 Å². The molecule has 0 radical (unpaired) electrons. The standard InChI is InChI=1S/C15H21NO3/c1-4-11(2)15(18)16-13(10-14(17)19-3)12-8-6-5-7-9-12/h5-9,11,13H,4,10H2,1-3H3,(H,16,18)/t11-,13-/m0/s1. The van der Waals surface area contributed by atoms with Crippen LogP contribution in [0.4, 0.5) is 0 Å². The van der Waals surface area contributed by atoms with Gasteiger partial charge in [-0.1, -0.05) is 44.2 Å². The molecule has 0 aliphatic heterocycles. The number of hydrogen-bond donors (Lipinski definition) is 1. The maximum atomic E-state index is 12.0. The van der Waals surface area contributed by atoms with Gasteiger partial charge in [-0.15, -0.1) is 0 Å². The van der Waals surface area contributed by atoms with Crippen LogP contribution in [0.3, 0.4) is 0 Å². The summed E-state index contributed by atoms with van der Waals surface area (Å²) in [5, 5.41) is 2.91. The van der Waals surface area contributed by atoms with Crippen LogP contribution in [0.25, 0.3) is 0 Å². The van der Waals surface area contributed by atoms with E-state index in [0.29, 0.717) is 0 Å². The predicted octanol–water partition coefficient (Wildman–Crippen LogP) is 2.45. The van der Waals surface area contributed by atoms with E-state index in [0.717, 1.165) is 12.0 Å². The molecule has 0 unspecified atom stereocenters. The van der Waals surface area contributed by atoms with E-state index in [1.807, 2.05) is 44.2 Å². The van der Waals surface area contributed by atoms with Crippen LogP contribution in [-0.2, 0) is 14.3 Å². The van der Waals surface area contributed by atoms with Crippen molar-refractivity contribution in [1.82, 2.24) is 5.32 Å². The second-order valence-electron chi connectivity index (χ2n) is 4.56. The van der Waals surface area contributed by atoms with E-state index in [1.165, 1.54) is 7.11 Å². The molecule has 19 heavy (non-hydrogen) atoms. The molecular weight excluding hydrogens is 242 g/mol.